The Hall–Kier alpha value is -3.18. The standard InChI is InChI=1S/C25H23Cl2F3N4O4/c1-11-6-17(25(28,29)30)32-23-14(11)8-16(33(23)3)21(37)19-20(26)15(9-31-22(19)27)24(38)34-5-4-13(7-18(35)36)12(2)10-34/h6,8-9,12-13H,4-5,7,10H2,1-3H3,(H,35,36)/t12-,13-/m0/s1. The lowest BCUT2D eigenvalue weighted by Gasteiger charge is -2.36. The quantitative estimate of drug-likeness (QED) is 0.325. The predicted octanol–water partition coefficient (Wildman–Crippen LogP) is 5.41. The molecule has 4 heterocycles. The van der Waals surface area contributed by atoms with Crippen molar-refractivity contribution in [1.29, 1.82) is 0 Å². The fourth-order valence-corrected chi connectivity index (χ4v) is 5.41. The monoisotopic (exact) mass is 570 g/mol. The van der Waals surface area contributed by atoms with Crippen molar-refractivity contribution in [3.05, 3.63) is 56.6 Å². The van der Waals surface area contributed by atoms with Crippen LogP contribution in [-0.2, 0) is 18.0 Å². The van der Waals surface area contributed by atoms with Crippen LogP contribution in [0, 0.1) is 18.8 Å². The van der Waals surface area contributed by atoms with Crippen LogP contribution in [0.2, 0.25) is 10.2 Å². The van der Waals surface area contributed by atoms with Crippen molar-refractivity contribution in [2.75, 3.05) is 13.1 Å². The van der Waals surface area contributed by atoms with E-state index < -0.39 is 29.5 Å². The molecule has 1 fully saturated rings. The number of likely N-dealkylation sites (tertiary alicyclic amines) is 1. The Bertz CT molecular complexity index is 1470. The summed E-state index contributed by atoms with van der Waals surface area (Å²) in [6.45, 7) is 3.95. The summed E-state index contributed by atoms with van der Waals surface area (Å²) in [5, 5.41) is 8.94. The summed E-state index contributed by atoms with van der Waals surface area (Å²) in [4.78, 5) is 47.2. The van der Waals surface area contributed by atoms with Gasteiger partial charge in [-0.15, -0.1) is 0 Å². The lowest BCUT2D eigenvalue weighted by molar-refractivity contribution is -0.141. The molecule has 0 unspecified atom stereocenters. The number of aliphatic carboxylic acids is 1. The van der Waals surface area contributed by atoms with Crippen LogP contribution in [0.5, 0.6) is 0 Å². The van der Waals surface area contributed by atoms with Crippen LogP contribution in [-0.4, -0.2) is 55.3 Å². The fourth-order valence-electron chi connectivity index (χ4n) is 4.83. The minimum absolute atomic E-state index is 0.00885. The average molecular weight is 571 g/mol. The van der Waals surface area contributed by atoms with Crippen molar-refractivity contribution < 1.29 is 32.7 Å². The van der Waals surface area contributed by atoms with Gasteiger partial charge >= 0.3 is 12.1 Å². The molecule has 2 atom stereocenters. The summed E-state index contributed by atoms with van der Waals surface area (Å²) in [6, 6.07) is 2.30. The number of hydrogen-bond donors (Lipinski definition) is 1. The molecule has 1 saturated heterocycles. The number of ketones is 1. The molecule has 3 aromatic rings. The summed E-state index contributed by atoms with van der Waals surface area (Å²) in [7, 11) is 1.40. The first-order chi connectivity index (χ1) is 17.7. The van der Waals surface area contributed by atoms with Gasteiger partial charge in [-0.2, -0.15) is 13.2 Å². The van der Waals surface area contributed by atoms with Crippen LogP contribution >= 0.6 is 23.2 Å². The molecule has 38 heavy (non-hydrogen) atoms. The number of alkyl halides is 3. The zero-order valence-electron chi connectivity index (χ0n) is 20.6. The van der Waals surface area contributed by atoms with Gasteiger partial charge < -0.3 is 14.6 Å². The van der Waals surface area contributed by atoms with Crippen molar-refractivity contribution >= 4 is 51.9 Å². The van der Waals surface area contributed by atoms with Gasteiger partial charge in [-0.05, 0) is 42.9 Å². The van der Waals surface area contributed by atoms with Crippen LogP contribution in [0.1, 0.15) is 57.4 Å². The summed E-state index contributed by atoms with van der Waals surface area (Å²) < 4.78 is 41.1. The normalized spacial score (nSPS) is 18.2. The van der Waals surface area contributed by atoms with Gasteiger partial charge in [0.2, 0.25) is 5.78 Å². The topological polar surface area (TPSA) is 105 Å². The van der Waals surface area contributed by atoms with E-state index in [1.807, 2.05) is 6.92 Å². The van der Waals surface area contributed by atoms with E-state index in [0.29, 0.717) is 24.9 Å². The zero-order valence-corrected chi connectivity index (χ0v) is 22.1. The Morgan fingerprint density at radius 1 is 1.21 bits per heavy atom. The first-order valence-electron chi connectivity index (χ1n) is 11.6. The van der Waals surface area contributed by atoms with E-state index in [0.717, 1.165) is 6.07 Å². The van der Waals surface area contributed by atoms with E-state index in [1.54, 1.807) is 0 Å². The molecule has 202 valence electrons. The number of nitrogens with zero attached hydrogens (tertiary/aromatic N) is 4. The molecule has 0 bridgehead atoms. The second kappa shape index (κ2) is 10.2. The molecule has 3 aromatic heterocycles. The number of carboxylic acid groups (broad SMARTS) is 1. The van der Waals surface area contributed by atoms with E-state index in [4.69, 9.17) is 28.3 Å². The Morgan fingerprint density at radius 3 is 2.50 bits per heavy atom. The van der Waals surface area contributed by atoms with Crippen molar-refractivity contribution in [1.82, 2.24) is 19.4 Å². The molecule has 0 saturated carbocycles. The molecule has 1 amide bonds. The number of piperidine rings is 1. The van der Waals surface area contributed by atoms with Gasteiger partial charge in [-0.25, -0.2) is 9.97 Å². The van der Waals surface area contributed by atoms with E-state index in [9.17, 15) is 27.6 Å². The summed E-state index contributed by atoms with van der Waals surface area (Å²) in [5.41, 5.74) is -1.21. The molecular formula is C25H23Cl2F3N4O4. The maximum atomic E-state index is 13.6. The van der Waals surface area contributed by atoms with Crippen molar-refractivity contribution in [3.63, 3.8) is 0 Å². The second-order valence-electron chi connectivity index (χ2n) is 9.50. The van der Waals surface area contributed by atoms with Gasteiger partial charge in [0.05, 0.1) is 21.8 Å². The maximum Gasteiger partial charge on any atom is 0.433 e. The number of rotatable bonds is 5. The van der Waals surface area contributed by atoms with Crippen molar-refractivity contribution in [3.8, 4) is 0 Å². The Balaban J connectivity index is 1.69. The highest BCUT2D eigenvalue weighted by molar-refractivity contribution is 6.42. The Labute approximate surface area is 225 Å². The number of halogens is 5. The summed E-state index contributed by atoms with van der Waals surface area (Å²) in [5.74, 6) is -2.27. The van der Waals surface area contributed by atoms with Crippen LogP contribution in [0.15, 0.2) is 18.3 Å². The fraction of sp³-hybridized carbons (Fsp3) is 0.400. The molecule has 0 aliphatic carbocycles. The molecule has 4 rings (SSSR count). The molecule has 0 aromatic carbocycles. The maximum absolute atomic E-state index is 13.6. The number of carbonyl (C=O) groups excluding carboxylic acids is 2. The molecule has 8 nitrogen and oxygen atoms in total. The van der Waals surface area contributed by atoms with Crippen LogP contribution in [0.3, 0.4) is 0 Å². The van der Waals surface area contributed by atoms with E-state index >= 15 is 0 Å². The molecule has 0 spiro atoms. The van der Waals surface area contributed by atoms with E-state index in [1.165, 1.54) is 35.7 Å². The lowest BCUT2D eigenvalue weighted by atomic mass is 9.84. The Kier molecular flexibility index (Phi) is 7.46. The lowest BCUT2D eigenvalue weighted by Crippen LogP contribution is -2.43. The predicted molar refractivity (Wildman–Crippen MR) is 134 cm³/mol. The van der Waals surface area contributed by atoms with Gasteiger partial charge in [-0.3, -0.25) is 14.4 Å². The second-order valence-corrected chi connectivity index (χ2v) is 10.2. The van der Waals surface area contributed by atoms with Gasteiger partial charge in [0, 0.05) is 38.1 Å². The van der Waals surface area contributed by atoms with Gasteiger partial charge in [0.15, 0.2) is 0 Å². The third-order valence-corrected chi connectivity index (χ3v) is 7.64. The largest absolute Gasteiger partial charge is 0.481 e. The van der Waals surface area contributed by atoms with Gasteiger partial charge in [0.1, 0.15) is 16.5 Å². The number of amides is 1. The minimum Gasteiger partial charge on any atom is -0.481 e. The number of pyridine rings is 2. The smallest absolute Gasteiger partial charge is 0.433 e. The summed E-state index contributed by atoms with van der Waals surface area (Å²) in [6.07, 6.45) is -3.00. The van der Waals surface area contributed by atoms with Gasteiger partial charge in [-0.1, -0.05) is 30.1 Å². The highest BCUT2D eigenvalue weighted by Gasteiger charge is 2.35. The Morgan fingerprint density at radius 2 is 1.89 bits per heavy atom. The molecule has 13 heteroatoms. The average Bonchev–Trinajstić information content (AvgIpc) is 3.16. The number of carboxylic acids is 1. The molecule has 1 aliphatic heterocycles. The minimum atomic E-state index is -4.67. The van der Waals surface area contributed by atoms with Crippen LogP contribution < -0.4 is 0 Å². The number of aryl methyl sites for hydroxylation is 2. The van der Waals surface area contributed by atoms with Crippen molar-refractivity contribution in [2.45, 2.75) is 32.9 Å². The number of hydrogen-bond acceptors (Lipinski definition) is 5. The van der Waals surface area contributed by atoms with Crippen LogP contribution in [0.25, 0.3) is 11.0 Å². The number of carbonyl (C=O) groups is 3. The van der Waals surface area contributed by atoms with Crippen LogP contribution in [0.4, 0.5) is 13.2 Å². The number of fused-ring (bicyclic) bond motifs is 1. The highest BCUT2D eigenvalue weighted by Crippen LogP contribution is 2.35. The number of aromatic nitrogens is 3. The zero-order chi connectivity index (χ0) is 28.1. The van der Waals surface area contributed by atoms with E-state index in [2.05, 4.69) is 9.97 Å². The first kappa shape index (κ1) is 27.8. The first-order valence-corrected chi connectivity index (χ1v) is 12.4. The van der Waals surface area contributed by atoms with Crippen molar-refractivity contribution in [2.24, 2.45) is 18.9 Å². The SMILES string of the molecule is Cc1cc(C(F)(F)F)nc2c1cc(C(=O)c1c(Cl)ncc(C(=O)N3CC[C@@H](CC(=O)O)[C@@H](C)C3)c1Cl)n2C. The van der Waals surface area contributed by atoms with E-state index in [-0.39, 0.29) is 56.5 Å². The molecule has 1 aliphatic rings. The van der Waals surface area contributed by atoms with Gasteiger partial charge in [0.25, 0.3) is 5.91 Å². The molecule has 0 radical (unpaired) electrons. The molecular weight excluding hydrogens is 548 g/mol. The third-order valence-electron chi connectivity index (χ3n) is 6.96. The third kappa shape index (κ3) is 5.09. The highest BCUT2D eigenvalue weighted by atomic mass is 35.5. The summed E-state index contributed by atoms with van der Waals surface area (Å²) >= 11 is 12.8. The molecule has 1 N–H and O–H groups in total.